The van der Waals surface area contributed by atoms with Crippen molar-refractivity contribution in [3.8, 4) is 22.9 Å². The highest BCUT2D eigenvalue weighted by Crippen LogP contribution is 2.24. The van der Waals surface area contributed by atoms with Crippen LogP contribution in [0.2, 0.25) is 0 Å². The Labute approximate surface area is 169 Å². The van der Waals surface area contributed by atoms with Crippen LogP contribution in [0.25, 0.3) is 22.9 Å². The number of hydrogen-bond donors (Lipinski definition) is 2. The third-order valence-electron chi connectivity index (χ3n) is 3.94. The van der Waals surface area contributed by atoms with Crippen molar-refractivity contribution in [1.29, 1.82) is 0 Å². The maximum absolute atomic E-state index is 12.1. The maximum atomic E-state index is 12.1. The number of nitrogens with zero attached hydrogens (tertiary/aromatic N) is 2. The molecule has 0 unspecified atom stereocenters. The number of carbonyl (C=O) groups excluding carboxylic acids is 1. The van der Waals surface area contributed by atoms with Crippen LogP contribution in [-0.4, -0.2) is 16.2 Å². The Morgan fingerprint density at radius 1 is 0.714 bits per heavy atom. The van der Waals surface area contributed by atoms with Crippen molar-refractivity contribution >= 4 is 33.3 Å². The number of nitrogens with one attached hydrogen (secondary N) is 2. The predicted molar refractivity (Wildman–Crippen MR) is 112 cm³/mol. The molecule has 0 fully saturated rings. The Hall–Kier alpha value is -3.45. The molecule has 0 aliphatic rings. The summed E-state index contributed by atoms with van der Waals surface area (Å²) >= 11 is 3.36. The van der Waals surface area contributed by atoms with Gasteiger partial charge in [0.1, 0.15) is 0 Å². The Bertz CT molecular complexity index is 1080. The molecule has 28 heavy (non-hydrogen) atoms. The molecule has 0 spiro atoms. The highest BCUT2D eigenvalue weighted by molar-refractivity contribution is 9.10. The first-order chi connectivity index (χ1) is 13.7. The highest BCUT2D eigenvalue weighted by Gasteiger charge is 2.10. The van der Waals surface area contributed by atoms with Crippen LogP contribution in [0.4, 0.5) is 16.2 Å². The molecule has 0 aliphatic carbocycles. The van der Waals surface area contributed by atoms with E-state index in [9.17, 15) is 4.79 Å². The first kappa shape index (κ1) is 17.9. The van der Waals surface area contributed by atoms with Gasteiger partial charge in [0.05, 0.1) is 0 Å². The van der Waals surface area contributed by atoms with Gasteiger partial charge in [0.15, 0.2) is 0 Å². The molecule has 4 aromatic rings. The number of urea groups is 1. The van der Waals surface area contributed by atoms with Crippen molar-refractivity contribution in [2.45, 2.75) is 0 Å². The van der Waals surface area contributed by atoms with Gasteiger partial charge in [0, 0.05) is 27.0 Å². The molecule has 0 aliphatic heterocycles. The number of benzene rings is 3. The van der Waals surface area contributed by atoms with Gasteiger partial charge < -0.3 is 15.1 Å². The fourth-order valence-corrected chi connectivity index (χ4v) is 2.82. The lowest BCUT2D eigenvalue weighted by Crippen LogP contribution is -2.19. The van der Waals surface area contributed by atoms with Crippen LogP contribution < -0.4 is 10.6 Å². The summed E-state index contributed by atoms with van der Waals surface area (Å²) in [6.45, 7) is 0. The minimum absolute atomic E-state index is 0.320. The second-order valence-electron chi connectivity index (χ2n) is 5.94. The molecular weight excluding hydrogens is 420 g/mol. The second kappa shape index (κ2) is 8.06. The molecule has 4 rings (SSSR count). The van der Waals surface area contributed by atoms with E-state index in [-0.39, 0.29) is 6.03 Å². The smallest absolute Gasteiger partial charge is 0.323 e. The molecule has 0 saturated heterocycles. The lowest BCUT2D eigenvalue weighted by atomic mass is 10.2. The zero-order valence-electron chi connectivity index (χ0n) is 14.6. The molecule has 2 N–H and O–H groups in total. The number of hydrogen-bond acceptors (Lipinski definition) is 4. The van der Waals surface area contributed by atoms with Crippen molar-refractivity contribution in [2.75, 3.05) is 10.6 Å². The van der Waals surface area contributed by atoms with Gasteiger partial charge in [-0.3, -0.25) is 0 Å². The van der Waals surface area contributed by atoms with Gasteiger partial charge in [-0.2, -0.15) is 0 Å². The molecule has 0 bridgehead atoms. The van der Waals surface area contributed by atoms with E-state index in [1.54, 1.807) is 12.1 Å². The summed E-state index contributed by atoms with van der Waals surface area (Å²) in [5, 5.41) is 13.7. The number of carbonyl (C=O) groups is 1. The number of amides is 2. The van der Waals surface area contributed by atoms with Gasteiger partial charge in [-0.05, 0) is 60.7 Å². The van der Waals surface area contributed by atoms with Crippen molar-refractivity contribution < 1.29 is 9.21 Å². The fourth-order valence-electron chi connectivity index (χ4n) is 2.56. The SMILES string of the molecule is O=C(Nc1ccc(Br)cc1)Nc1ccc(-c2nnc(-c3ccccc3)o2)cc1. The molecule has 0 atom stereocenters. The standard InChI is InChI=1S/C21H15BrN4O2/c22-16-8-12-18(13-9-16)24-21(27)23-17-10-6-15(7-11-17)20-26-25-19(28-20)14-4-2-1-3-5-14/h1-13H,(H2,23,24,27). The van der Waals surface area contributed by atoms with E-state index in [2.05, 4.69) is 36.8 Å². The normalized spacial score (nSPS) is 10.5. The summed E-state index contributed by atoms with van der Waals surface area (Å²) in [4.78, 5) is 12.1. The monoisotopic (exact) mass is 434 g/mol. The van der Waals surface area contributed by atoms with Crippen LogP contribution in [0, 0.1) is 0 Å². The van der Waals surface area contributed by atoms with Gasteiger partial charge >= 0.3 is 6.03 Å². The van der Waals surface area contributed by atoms with Crippen LogP contribution in [0.5, 0.6) is 0 Å². The molecular formula is C21H15BrN4O2. The summed E-state index contributed by atoms with van der Waals surface area (Å²) in [5.41, 5.74) is 3.00. The first-order valence-electron chi connectivity index (χ1n) is 8.50. The third-order valence-corrected chi connectivity index (χ3v) is 4.47. The summed E-state index contributed by atoms with van der Waals surface area (Å²) in [6, 6.07) is 23.8. The predicted octanol–water partition coefficient (Wildman–Crippen LogP) is 5.81. The second-order valence-corrected chi connectivity index (χ2v) is 6.86. The van der Waals surface area contributed by atoms with Crippen molar-refractivity contribution in [3.05, 3.63) is 83.3 Å². The van der Waals surface area contributed by atoms with Gasteiger partial charge in [0.25, 0.3) is 0 Å². The third kappa shape index (κ3) is 4.27. The average molecular weight is 435 g/mol. The van der Waals surface area contributed by atoms with Crippen LogP contribution in [-0.2, 0) is 0 Å². The molecule has 1 heterocycles. The van der Waals surface area contributed by atoms with E-state index in [1.165, 1.54) is 0 Å². The lowest BCUT2D eigenvalue weighted by molar-refractivity contribution is 0.262. The molecule has 1 aromatic heterocycles. The molecule has 3 aromatic carbocycles. The fraction of sp³-hybridized carbons (Fsp3) is 0. The average Bonchev–Trinajstić information content (AvgIpc) is 3.21. The Kier molecular flexibility index (Phi) is 5.16. The van der Waals surface area contributed by atoms with E-state index in [0.717, 1.165) is 15.6 Å². The van der Waals surface area contributed by atoms with E-state index in [4.69, 9.17) is 4.42 Å². The molecule has 2 amide bonds. The van der Waals surface area contributed by atoms with Crippen molar-refractivity contribution in [3.63, 3.8) is 0 Å². The number of rotatable bonds is 4. The number of halogens is 1. The molecule has 6 nitrogen and oxygen atoms in total. The van der Waals surface area contributed by atoms with Crippen LogP contribution in [0.1, 0.15) is 0 Å². The quantitative estimate of drug-likeness (QED) is 0.424. The molecule has 138 valence electrons. The molecule has 0 radical (unpaired) electrons. The minimum atomic E-state index is -0.320. The summed E-state index contributed by atoms with van der Waals surface area (Å²) in [5.74, 6) is 0.886. The van der Waals surface area contributed by atoms with E-state index in [1.807, 2.05) is 66.7 Å². The van der Waals surface area contributed by atoms with E-state index >= 15 is 0 Å². The maximum Gasteiger partial charge on any atom is 0.323 e. The molecule has 7 heteroatoms. The zero-order chi connectivity index (χ0) is 19.3. The Morgan fingerprint density at radius 2 is 1.21 bits per heavy atom. The summed E-state index contributed by atoms with van der Waals surface area (Å²) in [6.07, 6.45) is 0. The van der Waals surface area contributed by atoms with Crippen LogP contribution in [0.3, 0.4) is 0 Å². The Balaban J connectivity index is 1.42. The van der Waals surface area contributed by atoms with Crippen molar-refractivity contribution in [2.24, 2.45) is 0 Å². The van der Waals surface area contributed by atoms with Crippen LogP contribution >= 0.6 is 15.9 Å². The minimum Gasteiger partial charge on any atom is -0.416 e. The van der Waals surface area contributed by atoms with E-state index < -0.39 is 0 Å². The zero-order valence-corrected chi connectivity index (χ0v) is 16.2. The molecule has 0 saturated carbocycles. The van der Waals surface area contributed by atoms with E-state index in [0.29, 0.717) is 23.2 Å². The first-order valence-corrected chi connectivity index (χ1v) is 9.29. The Morgan fingerprint density at radius 3 is 1.79 bits per heavy atom. The largest absolute Gasteiger partial charge is 0.416 e. The van der Waals surface area contributed by atoms with Gasteiger partial charge in [0.2, 0.25) is 11.8 Å². The van der Waals surface area contributed by atoms with Crippen LogP contribution in [0.15, 0.2) is 87.8 Å². The van der Waals surface area contributed by atoms with Gasteiger partial charge in [-0.1, -0.05) is 34.1 Å². The van der Waals surface area contributed by atoms with Gasteiger partial charge in [-0.15, -0.1) is 10.2 Å². The lowest BCUT2D eigenvalue weighted by Gasteiger charge is -2.08. The summed E-state index contributed by atoms with van der Waals surface area (Å²) < 4.78 is 6.69. The summed E-state index contributed by atoms with van der Waals surface area (Å²) in [7, 11) is 0. The van der Waals surface area contributed by atoms with Crippen molar-refractivity contribution in [1.82, 2.24) is 10.2 Å². The number of aromatic nitrogens is 2. The topological polar surface area (TPSA) is 80.0 Å². The number of anilines is 2. The highest BCUT2D eigenvalue weighted by atomic mass is 79.9. The van der Waals surface area contributed by atoms with Gasteiger partial charge in [-0.25, -0.2) is 4.79 Å².